The van der Waals surface area contributed by atoms with Crippen molar-refractivity contribution in [2.24, 2.45) is 0 Å². The quantitative estimate of drug-likeness (QED) is 0.626. The van der Waals surface area contributed by atoms with Crippen molar-refractivity contribution in [3.8, 4) is 0 Å². The maximum atomic E-state index is 12.3. The summed E-state index contributed by atoms with van der Waals surface area (Å²) in [5.74, 6) is 0. The second-order valence-electron chi connectivity index (χ2n) is 4.21. The lowest BCUT2D eigenvalue weighted by Gasteiger charge is -2.07. The predicted molar refractivity (Wildman–Crippen MR) is 83.9 cm³/mol. The van der Waals surface area contributed by atoms with Gasteiger partial charge in [-0.05, 0) is 31.2 Å². The van der Waals surface area contributed by atoms with Crippen molar-refractivity contribution in [3.05, 3.63) is 54.7 Å². The molecule has 1 aromatic heterocycles. The zero-order valence-electron chi connectivity index (χ0n) is 10.9. The van der Waals surface area contributed by atoms with Crippen LogP contribution in [0.5, 0.6) is 0 Å². The molecule has 6 nitrogen and oxygen atoms in total. The van der Waals surface area contributed by atoms with E-state index in [4.69, 9.17) is 0 Å². The minimum atomic E-state index is -3.96. The third-order valence-electron chi connectivity index (χ3n) is 2.64. The average Bonchev–Trinajstić information content (AvgIpc) is 2.82. The van der Waals surface area contributed by atoms with Crippen molar-refractivity contribution in [2.45, 2.75) is 18.4 Å². The minimum Gasteiger partial charge on any atom is -0.258 e. The van der Waals surface area contributed by atoms with Crippen LogP contribution in [-0.2, 0) is 16.6 Å². The fourth-order valence-corrected chi connectivity index (χ4v) is 4.31. The first kappa shape index (κ1) is 16.1. The Labute approximate surface area is 134 Å². The molecule has 0 aliphatic rings. The monoisotopic (exact) mass is 390 g/mol. The number of rotatable bonds is 5. The van der Waals surface area contributed by atoms with Gasteiger partial charge in [-0.25, -0.2) is 13.1 Å². The van der Waals surface area contributed by atoms with Crippen LogP contribution in [0.25, 0.3) is 0 Å². The highest BCUT2D eigenvalue weighted by Gasteiger charge is 2.25. The summed E-state index contributed by atoms with van der Waals surface area (Å²) in [4.78, 5) is 11.8. The molecule has 0 amide bonds. The highest BCUT2D eigenvalue weighted by molar-refractivity contribution is 9.10. The molecule has 1 N–H and O–H groups in total. The highest BCUT2D eigenvalue weighted by atomic mass is 79.9. The lowest BCUT2D eigenvalue weighted by molar-refractivity contribution is -0.387. The fraction of sp³-hybridized carbons (Fsp3) is 0.167. The van der Waals surface area contributed by atoms with E-state index in [1.54, 1.807) is 0 Å². The van der Waals surface area contributed by atoms with Crippen molar-refractivity contribution in [1.82, 2.24) is 4.72 Å². The summed E-state index contributed by atoms with van der Waals surface area (Å²) in [6.45, 7) is 2.02. The summed E-state index contributed by atoms with van der Waals surface area (Å²) < 4.78 is 27.4. The number of sulfonamides is 1. The number of thiophene rings is 1. The van der Waals surface area contributed by atoms with Crippen LogP contribution in [0, 0.1) is 17.0 Å². The lowest BCUT2D eigenvalue weighted by atomic mass is 10.3. The van der Waals surface area contributed by atoms with E-state index in [9.17, 15) is 18.5 Å². The van der Waals surface area contributed by atoms with Crippen LogP contribution in [0.1, 0.15) is 9.75 Å². The molecule has 0 spiro atoms. The van der Waals surface area contributed by atoms with Gasteiger partial charge in [-0.2, -0.15) is 0 Å². The number of halogens is 1. The molecule has 0 bridgehead atoms. The Kier molecular flexibility index (Phi) is 4.77. The van der Waals surface area contributed by atoms with Crippen LogP contribution in [0.2, 0.25) is 0 Å². The Morgan fingerprint density at radius 3 is 2.62 bits per heavy atom. The van der Waals surface area contributed by atoms with Crippen molar-refractivity contribution in [3.63, 3.8) is 0 Å². The normalized spacial score (nSPS) is 11.5. The second kappa shape index (κ2) is 6.22. The number of benzene rings is 1. The summed E-state index contributed by atoms with van der Waals surface area (Å²) in [5, 5.41) is 11.0. The van der Waals surface area contributed by atoms with Gasteiger partial charge in [0, 0.05) is 26.8 Å². The van der Waals surface area contributed by atoms with E-state index >= 15 is 0 Å². The van der Waals surface area contributed by atoms with Crippen molar-refractivity contribution in [1.29, 1.82) is 0 Å². The van der Waals surface area contributed by atoms with Gasteiger partial charge in [0.05, 0.1) is 4.92 Å². The van der Waals surface area contributed by atoms with Crippen LogP contribution in [0.3, 0.4) is 0 Å². The van der Waals surface area contributed by atoms with Gasteiger partial charge in [-0.15, -0.1) is 11.3 Å². The van der Waals surface area contributed by atoms with Crippen LogP contribution >= 0.6 is 27.3 Å². The molecule has 0 atom stereocenters. The van der Waals surface area contributed by atoms with Gasteiger partial charge in [0.2, 0.25) is 10.0 Å². The van der Waals surface area contributed by atoms with Crippen molar-refractivity contribution in [2.75, 3.05) is 0 Å². The van der Waals surface area contributed by atoms with Gasteiger partial charge in [-0.1, -0.05) is 15.9 Å². The van der Waals surface area contributed by atoms with Gasteiger partial charge in [0.1, 0.15) is 0 Å². The van der Waals surface area contributed by atoms with E-state index in [1.165, 1.54) is 23.5 Å². The first-order valence-electron chi connectivity index (χ1n) is 5.78. The topological polar surface area (TPSA) is 89.3 Å². The fourth-order valence-electron chi connectivity index (χ4n) is 1.68. The third kappa shape index (κ3) is 3.88. The average molecular weight is 391 g/mol. The number of aryl methyl sites for hydroxylation is 1. The molecule has 1 heterocycles. The Balaban J connectivity index is 2.31. The minimum absolute atomic E-state index is 0.102. The number of nitrogens with one attached hydrogen (secondary N) is 1. The summed E-state index contributed by atoms with van der Waals surface area (Å²) in [6.07, 6.45) is 0. The zero-order valence-corrected chi connectivity index (χ0v) is 14.1. The number of hydrogen-bond acceptors (Lipinski definition) is 5. The van der Waals surface area contributed by atoms with Gasteiger partial charge in [0.25, 0.3) is 5.69 Å². The van der Waals surface area contributed by atoms with E-state index < -0.39 is 20.6 Å². The molecular formula is C12H11BrN2O4S2. The van der Waals surface area contributed by atoms with E-state index in [0.29, 0.717) is 4.47 Å². The molecule has 0 fully saturated rings. The van der Waals surface area contributed by atoms with E-state index in [2.05, 4.69) is 20.7 Å². The molecule has 0 saturated heterocycles. The van der Waals surface area contributed by atoms with Crippen LogP contribution in [-0.4, -0.2) is 13.3 Å². The van der Waals surface area contributed by atoms with Gasteiger partial charge in [-0.3, -0.25) is 10.1 Å². The largest absolute Gasteiger partial charge is 0.289 e. The molecule has 1 aromatic carbocycles. The summed E-state index contributed by atoms with van der Waals surface area (Å²) in [6, 6.07) is 7.52. The van der Waals surface area contributed by atoms with Gasteiger partial charge >= 0.3 is 0 Å². The van der Waals surface area contributed by atoms with Gasteiger partial charge < -0.3 is 0 Å². The van der Waals surface area contributed by atoms with E-state index in [1.807, 2.05) is 19.1 Å². The van der Waals surface area contributed by atoms with Crippen LogP contribution < -0.4 is 4.72 Å². The highest BCUT2D eigenvalue weighted by Crippen LogP contribution is 2.27. The molecule has 112 valence electrons. The standard InChI is InChI=1S/C12H11BrN2O4S2/c1-8-2-4-10(20-8)7-14-21(18,19)12-6-9(13)3-5-11(12)15(16)17/h2-6,14H,7H2,1H3. The van der Waals surface area contributed by atoms with Crippen LogP contribution in [0.4, 0.5) is 5.69 Å². The molecular weight excluding hydrogens is 380 g/mol. The maximum absolute atomic E-state index is 12.3. The molecule has 0 saturated carbocycles. The van der Waals surface area contributed by atoms with E-state index in [0.717, 1.165) is 15.8 Å². The molecule has 9 heteroatoms. The summed E-state index contributed by atoms with van der Waals surface area (Å²) in [5.41, 5.74) is -0.451. The first-order chi connectivity index (χ1) is 9.79. The first-order valence-corrected chi connectivity index (χ1v) is 8.88. The number of nitrogens with zero attached hydrogens (tertiary/aromatic N) is 1. The lowest BCUT2D eigenvalue weighted by Crippen LogP contribution is -2.23. The molecule has 0 radical (unpaired) electrons. The van der Waals surface area contributed by atoms with Gasteiger partial charge in [0.15, 0.2) is 4.90 Å². The summed E-state index contributed by atoms with van der Waals surface area (Å²) in [7, 11) is -3.96. The van der Waals surface area contributed by atoms with Crippen molar-refractivity contribution < 1.29 is 13.3 Å². The van der Waals surface area contributed by atoms with Crippen LogP contribution in [0.15, 0.2) is 39.7 Å². The Morgan fingerprint density at radius 1 is 1.33 bits per heavy atom. The molecule has 21 heavy (non-hydrogen) atoms. The van der Waals surface area contributed by atoms with E-state index in [-0.39, 0.29) is 11.4 Å². The second-order valence-corrected chi connectivity index (χ2v) is 8.23. The third-order valence-corrected chi connectivity index (χ3v) is 5.56. The number of nitro groups is 1. The van der Waals surface area contributed by atoms with Crippen molar-refractivity contribution >= 4 is 43.0 Å². The number of hydrogen-bond donors (Lipinski definition) is 1. The molecule has 0 aliphatic heterocycles. The molecule has 0 aliphatic carbocycles. The molecule has 2 aromatic rings. The molecule has 0 unspecified atom stereocenters. The Bertz CT molecular complexity index is 786. The molecule has 2 rings (SSSR count). The summed E-state index contributed by atoms with van der Waals surface area (Å²) >= 11 is 4.59. The SMILES string of the molecule is Cc1ccc(CNS(=O)(=O)c2cc(Br)ccc2[N+](=O)[O-])s1. The Morgan fingerprint density at radius 2 is 2.05 bits per heavy atom. The maximum Gasteiger partial charge on any atom is 0.289 e. The Hall–Kier alpha value is -1.29. The predicted octanol–water partition coefficient (Wildman–Crippen LogP) is 3.21. The number of nitro benzene ring substituents is 1. The zero-order chi connectivity index (χ0) is 15.6. The smallest absolute Gasteiger partial charge is 0.258 e.